The van der Waals surface area contributed by atoms with Crippen LogP contribution in [-0.2, 0) is 0 Å². The van der Waals surface area contributed by atoms with E-state index in [0.717, 1.165) is 4.90 Å². The van der Waals surface area contributed by atoms with Gasteiger partial charge in [-0.15, -0.1) is 11.8 Å². The van der Waals surface area contributed by atoms with Crippen LogP contribution in [0, 0.1) is 11.3 Å². The number of amides is 1. The number of nitrogens with zero attached hydrogens (tertiary/aromatic N) is 2. The lowest BCUT2D eigenvalue weighted by atomic mass is 10.2. The highest BCUT2D eigenvalue weighted by molar-refractivity contribution is 7.99. The van der Waals surface area contributed by atoms with Gasteiger partial charge >= 0.3 is 0 Å². The van der Waals surface area contributed by atoms with Gasteiger partial charge in [-0.3, -0.25) is 4.79 Å². The normalized spacial score (nSPS) is 11.7. The molecule has 1 aromatic rings. The molecule has 0 aliphatic heterocycles. The maximum Gasteiger partial charge on any atom is 0.253 e. The van der Waals surface area contributed by atoms with Crippen LogP contribution in [0.2, 0.25) is 0 Å². The number of aliphatic hydroxyl groups excluding tert-OH is 1. The molecule has 1 atom stereocenters. The maximum absolute atomic E-state index is 12.2. The lowest BCUT2D eigenvalue weighted by molar-refractivity contribution is 0.0768. The summed E-state index contributed by atoms with van der Waals surface area (Å²) >= 11 is 1.41. The Morgan fingerprint density at radius 2 is 2.32 bits per heavy atom. The molecule has 0 aliphatic carbocycles. The van der Waals surface area contributed by atoms with E-state index in [9.17, 15) is 9.90 Å². The molecule has 4 nitrogen and oxygen atoms in total. The molecule has 0 saturated heterocycles. The minimum Gasteiger partial charge on any atom is -0.393 e. The molecule has 1 rings (SSSR count). The highest BCUT2D eigenvalue weighted by Gasteiger charge is 2.12. The Hall–Kier alpha value is -1.51. The molecular formula is C14H18N2O2S. The number of carbonyl (C=O) groups excluding carboxylic acids is 1. The summed E-state index contributed by atoms with van der Waals surface area (Å²) in [6.45, 7) is 2.23. The molecule has 0 heterocycles. The minimum atomic E-state index is -0.409. The molecule has 0 fully saturated rings. The minimum absolute atomic E-state index is 0.0694. The smallest absolute Gasteiger partial charge is 0.253 e. The summed E-state index contributed by atoms with van der Waals surface area (Å²) in [6, 6.07) is 9.32. The van der Waals surface area contributed by atoms with Crippen LogP contribution in [0.25, 0.3) is 0 Å². The number of rotatable bonds is 6. The van der Waals surface area contributed by atoms with Crippen LogP contribution < -0.4 is 0 Å². The van der Waals surface area contributed by atoms with Gasteiger partial charge in [-0.25, -0.2) is 0 Å². The standard InChI is InChI=1S/C14H18N2O2S/c1-11(17)6-8-16(2)14(18)12-4-3-5-13(10-12)19-9-7-15/h3-5,10-11,17H,6,8-9H2,1-2H3. The van der Waals surface area contributed by atoms with Crippen molar-refractivity contribution in [1.82, 2.24) is 4.90 Å². The lowest BCUT2D eigenvalue weighted by Crippen LogP contribution is -2.29. The zero-order valence-corrected chi connectivity index (χ0v) is 12.0. The van der Waals surface area contributed by atoms with Gasteiger partial charge in [-0.1, -0.05) is 6.07 Å². The van der Waals surface area contributed by atoms with Crippen molar-refractivity contribution in [3.05, 3.63) is 29.8 Å². The zero-order chi connectivity index (χ0) is 14.3. The number of hydrogen-bond acceptors (Lipinski definition) is 4. The SMILES string of the molecule is CC(O)CCN(C)C(=O)c1cccc(SCC#N)c1. The predicted molar refractivity (Wildman–Crippen MR) is 76.0 cm³/mol. The van der Waals surface area contributed by atoms with Crippen LogP contribution in [0.1, 0.15) is 23.7 Å². The van der Waals surface area contributed by atoms with E-state index in [1.807, 2.05) is 12.1 Å². The predicted octanol–water partition coefficient (Wildman–Crippen LogP) is 2.15. The molecule has 1 N–H and O–H groups in total. The van der Waals surface area contributed by atoms with Crippen LogP contribution >= 0.6 is 11.8 Å². The quantitative estimate of drug-likeness (QED) is 0.810. The van der Waals surface area contributed by atoms with Gasteiger partial charge in [0.25, 0.3) is 5.91 Å². The molecular weight excluding hydrogens is 260 g/mol. The maximum atomic E-state index is 12.2. The summed E-state index contributed by atoms with van der Waals surface area (Å²) in [6.07, 6.45) is 0.151. The first-order valence-corrected chi connectivity index (χ1v) is 7.06. The van der Waals surface area contributed by atoms with Gasteiger partial charge < -0.3 is 10.0 Å². The van der Waals surface area contributed by atoms with Crippen molar-refractivity contribution < 1.29 is 9.90 Å². The number of hydrogen-bond donors (Lipinski definition) is 1. The van der Waals surface area contributed by atoms with Crippen molar-refractivity contribution in [1.29, 1.82) is 5.26 Å². The molecule has 102 valence electrons. The Balaban J connectivity index is 2.68. The van der Waals surface area contributed by atoms with E-state index in [1.165, 1.54) is 11.8 Å². The third-order valence-corrected chi connectivity index (χ3v) is 3.47. The van der Waals surface area contributed by atoms with Crippen LogP contribution in [0.15, 0.2) is 29.2 Å². The summed E-state index contributed by atoms with van der Waals surface area (Å²) < 4.78 is 0. The Morgan fingerprint density at radius 3 is 2.95 bits per heavy atom. The number of carbonyl (C=O) groups is 1. The van der Waals surface area contributed by atoms with Crippen molar-refractivity contribution in [3.63, 3.8) is 0 Å². The van der Waals surface area contributed by atoms with Crippen molar-refractivity contribution >= 4 is 17.7 Å². The highest BCUT2D eigenvalue weighted by atomic mass is 32.2. The molecule has 1 amide bonds. The first-order valence-electron chi connectivity index (χ1n) is 6.08. The van der Waals surface area contributed by atoms with Crippen molar-refractivity contribution in [2.75, 3.05) is 19.3 Å². The Bertz CT molecular complexity index is 469. The van der Waals surface area contributed by atoms with Gasteiger partial charge in [0.1, 0.15) is 0 Å². The van der Waals surface area contributed by atoms with E-state index < -0.39 is 6.10 Å². The van der Waals surface area contributed by atoms with Crippen molar-refractivity contribution in [3.8, 4) is 6.07 Å². The largest absolute Gasteiger partial charge is 0.393 e. The van der Waals surface area contributed by atoms with E-state index in [2.05, 4.69) is 6.07 Å². The summed E-state index contributed by atoms with van der Waals surface area (Å²) in [7, 11) is 1.72. The van der Waals surface area contributed by atoms with E-state index in [0.29, 0.717) is 24.3 Å². The Kier molecular flexibility index (Phi) is 6.40. The van der Waals surface area contributed by atoms with Gasteiger partial charge in [0.15, 0.2) is 0 Å². The fourth-order valence-corrected chi connectivity index (χ4v) is 2.15. The first-order chi connectivity index (χ1) is 9.04. The van der Waals surface area contributed by atoms with E-state index >= 15 is 0 Å². The van der Waals surface area contributed by atoms with E-state index in [-0.39, 0.29) is 5.91 Å². The Labute approximate surface area is 118 Å². The second-order valence-electron chi connectivity index (χ2n) is 4.34. The molecule has 0 saturated carbocycles. The molecule has 0 bridgehead atoms. The van der Waals surface area contributed by atoms with E-state index in [4.69, 9.17) is 5.26 Å². The number of nitriles is 1. The summed E-state index contributed by atoms with van der Waals surface area (Å²) in [5.74, 6) is 0.301. The second kappa shape index (κ2) is 7.82. The highest BCUT2D eigenvalue weighted by Crippen LogP contribution is 2.19. The molecule has 0 aliphatic rings. The van der Waals surface area contributed by atoms with Crippen LogP contribution in [0.4, 0.5) is 0 Å². The molecule has 0 radical (unpaired) electrons. The Morgan fingerprint density at radius 1 is 1.58 bits per heavy atom. The summed E-state index contributed by atoms with van der Waals surface area (Å²) in [4.78, 5) is 14.7. The van der Waals surface area contributed by atoms with Gasteiger partial charge in [0.05, 0.1) is 17.9 Å². The fraction of sp³-hybridized carbons (Fsp3) is 0.429. The number of benzene rings is 1. The summed E-state index contributed by atoms with van der Waals surface area (Å²) in [5.41, 5.74) is 0.607. The van der Waals surface area contributed by atoms with Gasteiger partial charge in [0, 0.05) is 24.1 Å². The average Bonchev–Trinajstić information content (AvgIpc) is 2.41. The van der Waals surface area contributed by atoms with Gasteiger partial charge in [0.2, 0.25) is 0 Å². The third kappa shape index (κ3) is 5.33. The van der Waals surface area contributed by atoms with Crippen LogP contribution in [-0.4, -0.2) is 41.4 Å². The molecule has 19 heavy (non-hydrogen) atoms. The van der Waals surface area contributed by atoms with Crippen LogP contribution in [0.3, 0.4) is 0 Å². The average molecular weight is 278 g/mol. The molecule has 1 unspecified atom stereocenters. The van der Waals surface area contributed by atoms with Gasteiger partial charge in [-0.05, 0) is 31.5 Å². The summed E-state index contributed by atoms with van der Waals surface area (Å²) in [5, 5.41) is 17.8. The molecule has 1 aromatic carbocycles. The number of aliphatic hydroxyl groups is 1. The van der Waals surface area contributed by atoms with Crippen LogP contribution in [0.5, 0.6) is 0 Å². The molecule has 0 aromatic heterocycles. The molecule has 0 spiro atoms. The number of thioether (sulfide) groups is 1. The third-order valence-electron chi connectivity index (χ3n) is 2.61. The van der Waals surface area contributed by atoms with Gasteiger partial charge in [-0.2, -0.15) is 5.26 Å². The monoisotopic (exact) mass is 278 g/mol. The first kappa shape index (κ1) is 15.5. The fourth-order valence-electron chi connectivity index (χ4n) is 1.54. The topological polar surface area (TPSA) is 64.3 Å². The van der Waals surface area contributed by atoms with E-state index in [1.54, 1.807) is 31.0 Å². The second-order valence-corrected chi connectivity index (χ2v) is 5.39. The van der Waals surface area contributed by atoms with Crippen molar-refractivity contribution in [2.24, 2.45) is 0 Å². The van der Waals surface area contributed by atoms with Crippen molar-refractivity contribution in [2.45, 2.75) is 24.3 Å². The lowest BCUT2D eigenvalue weighted by Gasteiger charge is -2.18. The zero-order valence-electron chi connectivity index (χ0n) is 11.2. The molecule has 5 heteroatoms.